The summed E-state index contributed by atoms with van der Waals surface area (Å²) in [5.41, 5.74) is 7.42. The molecule has 1 aromatic rings. The molecule has 2 unspecified atom stereocenters. The number of guanidine groups is 1. The van der Waals surface area contributed by atoms with E-state index in [0.29, 0.717) is 5.92 Å². The Morgan fingerprint density at radius 2 is 2.06 bits per heavy atom. The number of aryl methyl sites for hydroxylation is 2. The molecule has 4 nitrogen and oxygen atoms in total. The molecular formula is C30H42N4. The fourth-order valence-corrected chi connectivity index (χ4v) is 4.71. The summed E-state index contributed by atoms with van der Waals surface area (Å²) in [6.07, 6.45) is 13.3. The average molecular weight is 459 g/mol. The molecule has 0 radical (unpaired) electrons. The molecule has 0 saturated carbocycles. The first-order valence-electron chi connectivity index (χ1n) is 12.9. The van der Waals surface area contributed by atoms with E-state index < -0.39 is 0 Å². The number of piperidine rings is 1. The molecule has 0 amide bonds. The highest BCUT2D eigenvalue weighted by molar-refractivity contribution is 5.85. The van der Waals surface area contributed by atoms with Crippen molar-refractivity contribution in [3.63, 3.8) is 0 Å². The number of nitrogens with zero attached hydrogens (tertiary/aromatic N) is 4. The van der Waals surface area contributed by atoms with Crippen molar-refractivity contribution in [2.75, 3.05) is 20.1 Å². The molecule has 1 fully saturated rings. The van der Waals surface area contributed by atoms with Crippen LogP contribution in [0.4, 0.5) is 0 Å². The van der Waals surface area contributed by atoms with Gasteiger partial charge in [-0.2, -0.15) is 0 Å². The SMILES string of the molecule is C=C(c1ccc(CC)cc1CC)C1CCCN(C2=NC(C(C)/C=C\N=CCC)=CC(=C)N2C)C1. The lowest BCUT2D eigenvalue weighted by molar-refractivity contribution is 0.274. The third kappa shape index (κ3) is 5.97. The highest BCUT2D eigenvalue weighted by Crippen LogP contribution is 2.33. The Hall–Kier alpha value is -2.88. The van der Waals surface area contributed by atoms with Gasteiger partial charge < -0.3 is 9.80 Å². The van der Waals surface area contributed by atoms with Crippen LogP contribution in [-0.4, -0.2) is 42.1 Å². The lowest BCUT2D eigenvalue weighted by atomic mass is 9.84. The second kappa shape index (κ2) is 12.0. The molecular weight excluding hydrogens is 416 g/mol. The molecule has 0 aliphatic carbocycles. The molecule has 1 saturated heterocycles. The third-order valence-electron chi connectivity index (χ3n) is 6.99. The maximum Gasteiger partial charge on any atom is 0.205 e. The van der Waals surface area contributed by atoms with Gasteiger partial charge in [0.15, 0.2) is 0 Å². The molecule has 2 aliphatic heterocycles. The van der Waals surface area contributed by atoms with E-state index in [-0.39, 0.29) is 5.92 Å². The minimum absolute atomic E-state index is 0.175. The Bertz CT molecular complexity index is 1010. The lowest BCUT2D eigenvalue weighted by Crippen LogP contribution is -2.48. The normalized spacial score (nSPS) is 20.1. The molecule has 4 heteroatoms. The highest BCUT2D eigenvalue weighted by atomic mass is 15.4. The minimum Gasteiger partial charge on any atom is -0.342 e. The van der Waals surface area contributed by atoms with E-state index in [1.54, 1.807) is 0 Å². The fraction of sp³-hybridized carbons (Fsp3) is 0.467. The van der Waals surface area contributed by atoms with E-state index in [4.69, 9.17) is 4.99 Å². The Labute approximate surface area is 207 Å². The first-order chi connectivity index (χ1) is 16.4. The lowest BCUT2D eigenvalue weighted by Gasteiger charge is -2.40. The van der Waals surface area contributed by atoms with Crippen molar-refractivity contribution in [2.24, 2.45) is 21.8 Å². The number of likely N-dealkylation sites (N-methyl/N-ethyl adjacent to an activating group) is 1. The number of likely N-dealkylation sites (tertiary alicyclic amines) is 1. The molecule has 2 aliphatic rings. The molecule has 3 rings (SSSR count). The minimum atomic E-state index is 0.175. The van der Waals surface area contributed by atoms with Gasteiger partial charge >= 0.3 is 0 Å². The van der Waals surface area contributed by atoms with Crippen LogP contribution in [0.15, 0.2) is 71.1 Å². The van der Waals surface area contributed by atoms with Gasteiger partial charge in [0.1, 0.15) is 0 Å². The number of hydrogen-bond donors (Lipinski definition) is 0. The number of allylic oxidation sites excluding steroid dienone is 2. The molecule has 0 spiro atoms. The van der Waals surface area contributed by atoms with Gasteiger partial charge in [0.2, 0.25) is 5.96 Å². The van der Waals surface area contributed by atoms with Gasteiger partial charge in [0, 0.05) is 50.1 Å². The zero-order valence-electron chi connectivity index (χ0n) is 21.8. The second-order valence-corrected chi connectivity index (χ2v) is 9.41. The van der Waals surface area contributed by atoms with Gasteiger partial charge in [-0.15, -0.1) is 0 Å². The largest absolute Gasteiger partial charge is 0.342 e. The Kier molecular flexibility index (Phi) is 9.09. The van der Waals surface area contributed by atoms with Crippen LogP contribution in [0.1, 0.15) is 63.6 Å². The Balaban J connectivity index is 1.80. The number of hydrogen-bond acceptors (Lipinski definition) is 4. The summed E-state index contributed by atoms with van der Waals surface area (Å²) in [5, 5.41) is 0. The molecule has 34 heavy (non-hydrogen) atoms. The summed E-state index contributed by atoms with van der Waals surface area (Å²) >= 11 is 0. The summed E-state index contributed by atoms with van der Waals surface area (Å²) < 4.78 is 0. The van der Waals surface area contributed by atoms with Crippen LogP contribution in [-0.2, 0) is 12.8 Å². The highest BCUT2D eigenvalue weighted by Gasteiger charge is 2.29. The monoisotopic (exact) mass is 458 g/mol. The summed E-state index contributed by atoms with van der Waals surface area (Å²) in [4.78, 5) is 14.0. The third-order valence-corrected chi connectivity index (χ3v) is 6.99. The van der Waals surface area contributed by atoms with Gasteiger partial charge in [0.05, 0.1) is 5.70 Å². The van der Waals surface area contributed by atoms with Crippen LogP contribution in [0.25, 0.3) is 5.57 Å². The first-order valence-corrected chi connectivity index (χ1v) is 12.9. The van der Waals surface area contributed by atoms with E-state index in [0.717, 1.165) is 56.1 Å². The van der Waals surface area contributed by atoms with Crippen molar-refractivity contribution < 1.29 is 0 Å². The average Bonchev–Trinajstić information content (AvgIpc) is 2.87. The molecule has 1 aromatic carbocycles. The summed E-state index contributed by atoms with van der Waals surface area (Å²) in [6.45, 7) is 19.5. The van der Waals surface area contributed by atoms with Crippen molar-refractivity contribution >= 4 is 17.7 Å². The van der Waals surface area contributed by atoms with Crippen molar-refractivity contribution in [1.82, 2.24) is 9.80 Å². The van der Waals surface area contributed by atoms with Crippen molar-refractivity contribution in [2.45, 2.75) is 59.8 Å². The summed E-state index contributed by atoms with van der Waals surface area (Å²) in [5.74, 6) is 1.59. The van der Waals surface area contributed by atoms with E-state index in [1.165, 1.54) is 28.7 Å². The van der Waals surface area contributed by atoms with Gasteiger partial charge in [-0.05, 0) is 60.4 Å². The zero-order chi connectivity index (χ0) is 24.7. The molecule has 2 atom stereocenters. The van der Waals surface area contributed by atoms with Crippen LogP contribution in [0.5, 0.6) is 0 Å². The first kappa shape index (κ1) is 25.7. The van der Waals surface area contributed by atoms with Gasteiger partial charge in [-0.25, -0.2) is 4.99 Å². The quantitative estimate of drug-likeness (QED) is 0.398. The smallest absolute Gasteiger partial charge is 0.205 e. The summed E-state index contributed by atoms with van der Waals surface area (Å²) in [6, 6.07) is 6.92. The molecule has 182 valence electrons. The number of rotatable bonds is 8. The molecule has 0 N–H and O–H groups in total. The number of benzene rings is 1. The van der Waals surface area contributed by atoms with Gasteiger partial charge in [-0.1, -0.05) is 65.1 Å². The standard InChI is InChI=1S/C30H42N4/c1-8-16-31-17-15-22(4)29-19-23(5)33(7)30(32-29)34-18-11-12-27(21-34)24(6)28-14-13-25(9-2)20-26(28)10-3/h13-17,19-20,22,27H,5-6,8-12,18,21H2,1-4,7H3/b17-15-,31-16?. The Morgan fingerprint density at radius 3 is 2.76 bits per heavy atom. The second-order valence-electron chi connectivity index (χ2n) is 9.41. The van der Waals surface area contributed by atoms with E-state index in [1.807, 2.05) is 12.4 Å². The Morgan fingerprint density at radius 1 is 1.26 bits per heavy atom. The van der Waals surface area contributed by atoms with Crippen LogP contribution in [0.2, 0.25) is 0 Å². The number of aliphatic imine (C=N–C) groups is 2. The van der Waals surface area contributed by atoms with Gasteiger partial charge in [0.25, 0.3) is 0 Å². The maximum atomic E-state index is 5.09. The van der Waals surface area contributed by atoms with E-state index in [9.17, 15) is 0 Å². The van der Waals surface area contributed by atoms with E-state index >= 15 is 0 Å². The maximum absolute atomic E-state index is 5.09. The van der Waals surface area contributed by atoms with Crippen molar-refractivity contribution in [3.8, 4) is 0 Å². The van der Waals surface area contributed by atoms with Crippen molar-refractivity contribution in [3.05, 3.63) is 77.8 Å². The van der Waals surface area contributed by atoms with Crippen LogP contribution < -0.4 is 0 Å². The molecule has 0 bridgehead atoms. The van der Waals surface area contributed by atoms with Gasteiger partial charge in [-0.3, -0.25) is 4.99 Å². The van der Waals surface area contributed by atoms with Crippen LogP contribution in [0.3, 0.4) is 0 Å². The topological polar surface area (TPSA) is 31.2 Å². The fourth-order valence-electron chi connectivity index (χ4n) is 4.71. The van der Waals surface area contributed by atoms with Crippen LogP contribution in [0, 0.1) is 11.8 Å². The predicted octanol–water partition coefficient (Wildman–Crippen LogP) is 6.87. The van der Waals surface area contributed by atoms with Crippen LogP contribution >= 0.6 is 0 Å². The van der Waals surface area contributed by atoms with Crippen molar-refractivity contribution in [1.29, 1.82) is 0 Å². The molecule has 2 heterocycles. The van der Waals surface area contributed by atoms with E-state index in [2.05, 4.69) is 93.0 Å². The predicted molar refractivity (Wildman–Crippen MR) is 148 cm³/mol. The zero-order valence-corrected chi connectivity index (χ0v) is 21.8. The molecule has 0 aromatic heterocycles. The summed E-state index contributed by atoms with van der Waals surface area (Å²) in [7, 11) is 2.07.